The van der Waals surface area contributed by atoms with Crippen molar-refractivity contribution in [3.05, 3.63) is 94.3 Å². The molecule has 0 radical (unpaired) electrons. The first-order chi connectivity index (χ1) is 18.1. The summed E-state index contributed by atoms with van der Waals surface area (Å²) >= 11 is 0. The number of hydrogen-bond donors (Lipinski definition) is 0. The van der Waals surface area contributed by atoms with Crippen molar-refractivity contribution in [3.8, 4) is 11.5 Å². The fraction of sp³-hybridized carbons (Fsp3) is 0.250. The molecule has 3 aromatic carbocycles. The van der Waals surface area contributed by atoms with Gasteiger partial charge in [0.15, 0.2) is 27.2 Å². The number of allylic oxidation sites excluding steroid dienone is 1. The minimum atomic E-state index is -2.98. The van der Waals surface area contributed by atoms with Crippen LogP contribution in [0.5, 0.6) is 11.5 Å². The van der Waals surface area contributed by atoms with Crippen LogP contribution in [0.2, 0.25) is 0 Å². The zero-order valence-corrected chi connectivity index (χ0v) is 22.5. The summed E-state index contributed by atoms with van der Waals surface area (Å²) in [5.74, 6) is -2.09. The number of carbonyl (C=O) groups excluding carboxylic acids is 1. The topological polar surface area (TPSA) is 72.9 Å². The lowest BCUT2D eigenvalue weighted by Crippen LogP contribution is -2.42. The summed E-state index contributed by atoms with van der Waals surface area (Å²) in [6.07, 6.45) is 0. The average molecular weight is 580 g/mol. The highest BCUT2D eigenvalue weighted by Gasteiger charge is 2.33. The van der Waals surface area contributed by atoms with Gasteiger partial charge in [-0.2, -0.15) is 0 Å². The molecule has 0 N–H and O–H groups in total. The van der Waals surface area contributed by atoms with Crippen LogP contribution in [0.4, 0.5) is 13.2 Å². The van der Waals surface area contributed by atoms with Gasteiger partial charge < -0.3 is 9.47 Å². The summed E-state index contributed by atoms with van der Waals surface area (Å²) in [7, 11) is -1.65. The second-order valence-corrected chi connectivity index (χ2v) is 11.4. The SMILES string of the molecule is COc1ccc(C2=C(c3cc(F)cc(F)c3)c3ccc(OCCN4CCS(=O)(=O)CC4)cc3C2=O)cc1F.Cl. The third kappa shape index (κ3) is 5.98. The summed E-state index contributed by atoms with van der Waals surface area (Å²) in [5, 5.41) is 0. The summed E-state index contributed by atoms with van der Waals surface area (Å²) in [5.41, 5.74) is 1.49. The van der Waals surface area contributed by atoms with Crippen molar-refractivity contribution in [2.45, 2.75) is 0 Å². The van der Waals surface area contributed by atoms with E-state index >= 15 is 0 Å². The Morgan fingerprint density at radius 1 is 0.846 bits per heavy atom. The van der Waals surface area contributed by atoms with Gasteiger partial charge in [-0.1, -0.05) is 6.07 Å². The van der Waals surface area contributed by atoms with E-state index in [4.69, 9.17) is 9.47 Å². The molecule has 1 aliphatic carbocycles. The molecule has 1 saturated heterocycles. The summed E-state index contributed by atoms with van der Waals surface area (Å²) in [6, 6.07) is 11.9. The summed E-state index contributed by atoms with van der Waals surface area (Å²) in [6.45, 7) is 1.67. The molecule has 0 amide bonds. The zero-order chi connectivity index (χ0) is 27.0. The Bertz CT molecular complexity index is 1540. The van der Waals surface area contributed by atoms with E-state index in [1.807, 2.05) is 4.90 Å². The van der Waals surface area contributed by atoms with Crippen LogP contribution in [-0.4, -0.2) is 64.0 Å². The smallest absolute Gasteiger partial charge is 0.195 e. The predicted molar refractivity (Wildman–Crippen MR) is 144 cm³/mol. The molecule has 0 saturated carbocycles. The molecule has 39 heavy (non-hydrogen) atoms. The number of methoxy groups -OCH3 is 1. The molecule has 1 aliphatic heterocycles. The molecule has 1 heterocycles. The maximum absolute atomic E-state index is 14.6. The van der Waals surface area contributed by atoms with Crippen LogP contribution in [0, 0.1) is 17.5 Å². The lowest BCUT2D eigenvalue weighted by atomic mass is 9.94. The second-order valence-electron chi connectivity index (χ2n) is 9.14. The lowest BCUT2D eigenvalue weighted by molar-refractivity contribution is 0.105. The first-order valence-electron chi connectivity index (χ1n) is 11.9. The number of fused-ring (bicyclic) bond motifs is 1. The number of carbonyl (C=O) groups is 1. The molecule has 0 unspecified atom stereocenters. The zero-order valence-electron chi connectivity index (χ0n) is 20.9. The number of ketones is 1. The van der Waals surface area contributed by atoms with Crippen LogP contribution in [0.3, 0.4) is 0 Å². The van der Waals surface area contributed by atoms with E-state index in [0.717, 1.165) is 24.3 Å². The predicted octanol–water partition coefficient (Wildman–Crippen LogP) is 4.80. The van der Waals surface area contributed by atoms with E-state index < -0.39 is 33.1 Å². The standard InChI is InChI=1S/C28H24F3NO5S.ClH/c1-36-25-5-2-17(14-24(25)31)27-26(18-12-19(29)15-20(30)13-18)22-4-3-21(16-23(22)28(27)33)37-9-6-32-7-10-38(34,35)11-8-32;/h2-5,12-16H,6-11H2,1H3;1H. The highest BCUT2D eigenvalue weighted by atomic mass is 35.5. The number of nitrogens with zero attached hydrogens (tertiary/aromatic N) is 1. The van der Waals surface area contributed by atoms with Gasteiger partial charge in [-0.25, -0.2) is 21.6 Å². The molecule has 5 rings (SSSR count). The first-order valence-corrected chi connectivity index (χ1v) is 13.8. The molecule has 6 nitrogen and oxygen atoms in total. The van der Waals surface area contributed by atoms with E-state index in [1.54, 1.807) is 18.2 Å². The highest BCUT2D eigenvalue weighted by molar-refractivity contribution is 7.91. The molecule has 0 bridgehead atoms. The summed E-state index contributed by atoms with van der Waals surface area (Å²) in [4.78, 5) is 15.6. The van der Waals surface area contributed by atoms with Gasteiger partial charge in [0.25, 0.3) is 0 Å². The molecular weight excluding hydrogens is 555 g/mol. The highest BCUT2D eigenvalue weighted by Crippen LogP contribution is 2.44. The van der Waals surface area contributed by atoms with E-state index in [-0.39, 0.29) is 64.1 Å². The van der Waals surface area contributed by atoms with Crippen molar-refractivity contribution in [1.82, 2.24) is 4.90 Å². The van der Waals surface area contributed by atoms with Crippen LogP contribution >= 0.6 is 12.4 Å². The molecule has 11 heteroatoms. The van der Waals surface area contributed by atoms with Crippen LogP contribution in [0.1, 0.15) is 27.0 Å². The van der Waals surface area contributed by atoms with Crippen molar-refractivity contribution in [3.63, 3.8) is 0 Å². The van der Waals surface area contributed by atoms with Gasteiger partial charge >= 0.3 is 0 Å². The Balaban J connectivity index is 0.00000353. The number of halogens is 4. The Morgan fingerprint density at radius 2 is 1.54 bits per heavy atom. The maximum Gasteiger partial charge on any atom is 0.195 e. The van der Waals surface area contributed by atoms with Crippen molar-refractivity contribution < 1.29 is 35.9 Å². The monoisotopic (exact) mass is 579 g/mol. The third-order valence-electron chi connectivity index (χ3n) is 6.69. The number of hydrogen-bond acceptors (Lipinski definition) is 6. The maximum atomic E-state index is 14.6. The van der Waals surface area contributed by atoms with Gasteiger partial charge in [-0.05, 0) is 59.2 Å². The molecule has 3 aromatic rings. The van der Waals surface area contributed by atoms with Gasteiger partial charge in [0.2, 0.25) is 0 Å². The van der Waals surface area contributed by atoms with Crippen LogP contribution in [0.15, 0.2) is 54.6 Å². The molecule has 0 atom stereocenters. The molecule has 1 fully saturated rings. The van der Waals surface area contributed by atoms with E-state index in [0.29, 0.717) is 30.9 Å². The van der Waals surface area contributed by atoms with Crippen molar-refractivity contribution >= 4 is 39.2 Å². The molecular formula is C28H25ClF3NO5S. The van der Waals surface area contributed by atoms with Crippen LogP contribution in [-0.2, 0) is 9.84 Å². The molecule has 0 aromatic heterocycles. The van der Waals surface area contributed by atoms with Crippen molar-refractivity contribution in [2.75, 3.05) is 44.9 Å². The van der Waals surface area contributed by atoms with Gasteiger partial charge in [-0.15, -0.1) is 12.4 Å². The lowest BCUT2D eigenvalue weighted by Gasteiger charge is -2.26. The Morgan fingerprint density at radius 3 is 2.18 bits per heavy atom. The Labute approximate surface area is 230 Å². The number of sulfone groups is 1. The number of benzene rings is 3. The van der Waals surface area contributed by atoms with Crippen molar-refractivity contribution in [1.29, 1.82) is 0 Å². The van der Waals surface area contributed by atoms with Gasteiger partial charge in [0.05, 0.1) is 18.6 Å². The average Bonchev–Trinajstić information content (AvgIpc) is 3.16. The van der Waals surface area contributed by atoms with Gasteiger partial charge in [-0.3, -0.25) is 9.69 Å². The number of ether oxygens (including phenoxy) is 2. The van der Waals surface area contributed by atoms with E-state index in [2.05, 4.69) is 0 Å². The Hall–Kier alpha value is -3.34. The van der Waals surface area contributed by atoms with Crippen LogP contribution < -0.4 is 9.47 Å². The summed E-state index contributed by atoms with van der Waals surface area (Å²) < 4.78 is 77.0. The molecule has 2 aliphatic rings. The minimum Gasteiger partial charge on any atom is -0.494 e. The van der Waals surface area contributed by atoms with E-state index in [1.165, 1.54) is 19.2 Å². The van der Waals surface area contributed by atoms with Crippen LogP contribution in [0.25, 0.3) is 11.1 Å². The number of Topliss-reactive ketones (excluding diaryl/α,β-unsaturated/α-hetero) is 1. The largest absolute Gasteiger partial charge is 0.494 e. The first kappa shape index (κ1) is 28.7. The Kier molecular flexibility index (Phi) is 8.39. The van der Waals surface area contributed by atoms with E-state index in [9.17, 15) is 26.4 Å². The van der Waals surface area contributed by atoms with Gasteiger partial charge in [0, 0.05) is 42.4 Å². The number of rotatable bonds is 7. The second kappa shape index (κ2) is 11.4. The third-order valence-corrected chi connectivity index (χ3v) is 8.30. The molecule has 0 spiro atoms. The molecule has 206 valence electrons. The van der Waals surface area contributed by atoms with Crippen molar-refractivity contribution in [2.24, 2.45) is 0 Å². The normalized spacial score (nSPS) is 16.6. The van der Waals surface area contributed by atoms with Gasteiger partial charge in [0.1, 0.15) is 24.0 Å². The quantitative estimate of drug-likeness (QED) is 0.400. The minimum absolute atomic E-state index is 0. The fourth-order valence-corrected chi connectivity index (χ4v) is 6.04. The fourth-order valence-electron chi connectivity index (χ4n) is 4.76.